The van der Waals surface area contributed by atoms with Crippen LogP contribution in [0.25, 0.3) is 11.3 Å². The van der Waals surface area contributed by atoms with Crippen LogP contribution < -0.4 is 19.9 Å². The van der Waals surface area contributed by atoms with Crippen LogP contribution in [0.4, 0.5) is 10.6 Å². The molecule has 32 heavy (non-hydrogen) atoms. The Hall–Kier alpha value is -3.65. The molecule has 2 N–H and O–H groups in total. The second-order valence-corrected chi connectivity index (χ2v) is 7.09. The first kappa shape index (κ1) is 23.0. The summed E-state index contributed by atoms with van der Waals surface area (Å²) in [6.07, 6.45) is 2.90. The molecule has 0 saturated heterocycles. The number of fused-ring (bicyclic) bond motifs is 1. The Kier molecular flexibility index (Phi) is 7.62. The topological polar surface area (TPSA) is 93.4 Å². The van der Waals surface area contributed by atoms with Crippen LogP contribution in [-0.2, 0) is 11.3 Å². The van der Waals surface area contributed by atoms with Crippen LogP contribution >= 0.6 is 12.4 Å². The SMILES string of the molecule is CC1Nc2cnc(-c3ccc(OCCNC(=O)OCc4ccccc4)cc3)c[n+]2C1=O.Cl. The van der Waals surface area contributed by atoms with Gasteiger partial charge >= 0.3 is 17.8 Å². The normalized spacial score (nSPS) is 14.0. The predicted octanol–water partition coefficient (Wildman–Crippen LogP) is 3.22. The first-order valence-corrected chi connectivity index (χ1v) is 10.0. The number of anilines is 1. The number of aromatic nitrogens is 2. The number of rotatable bonds is 7. The maximum atomic E-state index is 12.2. The zero-order chi connectivity index (χ0) is 21.6. The third-order valence-electron chi connectivity index (χ3n) is 4.81. The van der Waals surface area contributed by atoms with Crippen molar-refractivity contribution in [2.75, 3.05) is 18.5 Å². The molecule has 4 rings (SSSR count). The molecule has 3 aromatic rings. The van der Waals surface area contributed by atoms with Gasteiger partial charge in [-0.3, -0.25) is 5.32 Å². The molecule has 9 heteroatoms. The van der Waals surface area contributed by atoms with Crippen molar-refractivity contribution < 1.29 is 23.6 Å². The standard InChI is InChI=1S/C23H22N4O4.ClH/c1-16-22(28)27-14-20(25-13-21(27)26-16)18-7-9-19(10-8-18)30-12-11-24-23(29)31-15-17-5-3-2-4-6-17;/h2-10,13-14,16H,11-12,15H2,1H3,(H,24,29);1H/p+1. The van der Waals surface area contributed by atoms with Gasteiger partial charge in [-0.2, -0.15) is 4.57 Å². The molecule has 1 aliphatic heterocycles. The molecule has 2 heterocycles. The second kappa shape index (κ2) is 10.6. The number of amides is 1. The third-order valence-corrected chi connectivity index (χ3v) is 4.81. The molecule has 1 amide bonds. The van der Waals surface area contributed by atoms with Crippen LogP contribution in [0.3, 0.4) is 0 Å². The fourth-order valence-electron chi connectivity index (χ4n) is 3.17. The molecule has 1 aromatic heterocycles. The van der Waals surface area contributed by atoms with E-state index in [4.69, 9.17) is 9.47 Å². The molecule has 0 bridgehead atoms. The molecule has 1 unspecified atom stereocenters. The van der Waals surface area contributed by atoms with Gasteiger partial charge in [-0.25, -0.2) is 14.6 Å². The molecular weight excluding hydrogens is 432 g/mol. The van der Waals surface area contributed by atoms with Crippen LogP contribution in [0, 0.1) is 0 Å². The van der Waals surface area contributed by atoms with E-state index < -0.39 is 6.09 Å². The van der Waals surface area contributed by atoms with E-state index in [2.05, 4.69) is 15.6 Å². The van der Waals surface area contributed by atoms with E-state index in [1.54, 1.807) is 17.0 Å². The summed E-state index contributed by atoms with van der Waals surface area (Å²) >= 11 is 0. The minimum Gasteiger partial charge on any atom is -0.492 e. The number of nitrogens with one attached hydrogen (secondary N) is 2. The number of alkyl carbamates (subject to hydrolysis) is 1. The lowest BCUT2D eigenvalue weighted by Crippen LogP contribution is -2.42. The zero-order valence-corrected chi connectivity index (χ0v) is 18.3. The first-order chi connectivity index (χ1) is 15.1. The van der Waals surface area contributed by atoms with Crippen LogP contribution in [0.15, 0.2) is 67.0 Å². The molecule has 0 fully saturated rings. The largest absolute Gasteiger partial charge is 0.492 e. The first-order valence-electron chi connectivity index (χ1n) is 10.0. The van der Waals surface area contributed by atoms with Gasteiger partial charge in [0.2, 0.25) is 0 Å². The van der Waals surface area contributed by atoms with Crippen molar-refractivity contribution in [2.45, 2.75) is 19.6 Å². The Labute approximate surface area is 192 Å². The number of carbonyl (C=O) groups is 2. The van der Waals surface area contributed by atoms with Crippen molar-refractivity contribution in [1.29, 1.82) is 0 Å². The maximum absolute atomic E-state index is 12.2. The summed E-state index contributed by atoms with van der Waals surface area (Å²) in [6, 6.07) is 16.6. The van der Waals surface area contributed by atoms with Gasteiger partial charge in [0.1, 0.15) is 37.1 Å². The Morgan fingerprint density at radius 3 is 2.66 bits per heavy atom. The minimum atomic E-state index is -0.485. The van der Waals surface area contributed by atoms with Gasteiger partial charge in [0.05, 0.1) is 6.54 Å². The molecule has 0 radical (unpaired) electrons. The zero-order valence-electron chi connectivity index (χ0n) is 17.5. The molecule has 0 aliphatic carbocycles. The van der Waals surface area contributed by atoms with Crippen molar-refractivity contribution in [1.82, 2.24) is 10.3 Å². The van der Waals surface area contributed by atoms with E-state index >= 15 is 0 Å². The molecule has 8 nitrogen and oxygen atoms in total. The number of hydrogen-bond donors (Lipinski definition) is 2. The number of nitrogens with zero attached hydrogens (tertiary/aromatic N) is 2. The van der Waals surface area contributed by atoms with E-state index in [9.17, 15) is 9.59 Å². The highest BCUT2D eigenvalue weighted by atomic mass is 35.5. The minimum absolute atomic E-state index is 0. The number of carbonyl (C=O) groups excluding carboxylic acids is 2. The number of hydrogen-bond acceptors (Lipinski definition) is 6. The average molecular weight is 456 g/mol. The van der Waals surface area contributed by atoms with Crippen LogP contribution in [-0.4, -0.2) is 36.2 Å². The summed E-state index contributed by atoms with van der Waals surface area (Å²) in [5.41, 5.74) is 2.50. The number of ether oxygens (including phenoxy) is 2. The van der Waals surface area contributed by atoms with E-state index in [1.165, 1.54) is 0 Å². The average Bonchev–Trinajstić information content (AvgIpc) is 3.09. The molecule has 0 spiro atoms. The molecule has 2 aromatic carbocycles. The summed E-state index contributed by atoms with van der Waals surface area (Å²) in [5.74, 6) is 1.35. The fourth-order valence-corrected chi connectivity index (χ4v) is 3.17. The highest BCUT2D eigenvalue weighted by Crippen LogP contribution is 2.21. The fraction of sp³-hybridized carbons (Fsp3) is 0.217. The van der Waals surface area contributed by atoms with E-state index in [0.717, 1.165) is 11.1 Å². The quantitative estimate of drug-likeness (QED) is 0.419. The molecule has 166 valence electrons. The van der Waals surface area contributed by atoms with E-state index in [0.29, 0.717) is 30.4 Å². The van der Waals surface area contributed by atoms with Gasteiger partial charge in [0.15, 0.2) is 6.04 Å². The summed E-state index contributed by atoms with van der Waals surface area (Å²) in [5, 5.41) is 5.73. The van der Waals surface area contributed by atoms with Crippen molar-refractivity contribution in [3.05, 3.63) is 72.6 Å². The Balaban J connectivity index is 0.00000289. The van der Waals surface area contributed by atoms with Crippen molar-refractivity contribution in [2.24, 2.45) is 0 Å². The highest BCUT2D eigenvalue weighted by molar-refractivity contribution is 5.85. The molecular formula is C23H24ClN4O4+. The smallest absolute Gasteiger partial charge is 0.407 e. The summed E-state index contributed by atoms with van der Waals surface area (Å²) in [4.78, 5) is 28.3. The summed E-state index contributed by atoms with van der Waals surface area (Å²) in [6.45, 7) is 2.68. The van der Waals surface area contributed by atoms with Gasteiger partial charge < -0.3 is 14.8 Å². The maximum Gasteiger partial charge on any atom is 0.407 e. The van der Waals surface area contributed by atoms with Gasteiger partial charge in [0, 0.05) is 5.56 Å². The van der Waals surface area contributed by atoms with Crippen molar-refractivity contribution in [3.63, 3.8) is 0 Å². The highest BCUT2D eigenvalue weighted by Gasteiger charge is 2.35. The van der Waals surface area contributed by atoms with Crippen molar-refractivity contribution >= 4 is 30.2 Å². The van der Waals surface area contributed by atoms with Crippen molar-refractivity contribution in [3.8, 4) is 17.0 Å². The number of benzene rings is 2. The molecule has 1 aliphatic rings. The third kappa shape index (κ3) is 5.53. The van der Waals surface area contributed by atoms with Gasteiger partial charge in [0.25, 0.3) is 0 Å². The van der Waals surface area contributed by atoms with Crippen LogP contribution in [0.5, 0.6) is 5.75 Å². The van der Waals surface area contributed by atoms with Gasteiger partial charge in [-0.1, -0.05) is 30.3 Å². The molecule has 0 saturated carbocycles. The lowest BCUT2D eigenvalue weighted by atomic mass is 10.1. The Morgan fingerprint density at radius 1 is 1.16 bits per heavy atom. The Morgan fingerprint density at radius 2 is 1.91 bits per heavy atom. The second-order valence-electron chi connectivity index (χ2n) is 7.09. The summed E-state index contributed by atoms with van der Waals surface area (Å²) in [7, 11) is 0. The van der Waals surface area contributed by atoms with E-state index in [1.807, 2.05) is 61.5 Å². The summed E-state index contributed by atoms with van der Waals surface area (Å²) < 4.78 is 12.4. The lowest BCUT2D eigenvalue weighted by Gasteiger charge is -2.09. The van der Waals surface area contributed by atoms with Gasteiger partial charge in [-0.15, -0.1) is 12.4 Å². The van der Waals surface area contributed by atoms with Gasteiger partial charge in [-0.05, 0) is 36.8 Å². The van der Waals surface area contributed by atoms with Crippen LogP contribution in [0.2, 0.25) is 0 Å². The van der Waals surface area contributed by atoms with E-state index in [-0.39, 0.29) is 31.0 Å². The lowest BCUT2D eigenvalue weighted by molar-refractivity contribution is -0.552. The Bertz CT molecular complexity index is 1080. The predicted molar refractivity (Wildman–Crippen MR) is 121 cm³/mol. The number of halogens is 1. The monoisotopic (exact) mass is 455 g/mol. The molecule has 1 atom stereocenters. The van der Waals surface area contributed by atoms with Crippen LogP contribution in [0.1, 0.15) is 17.3 Å².